The average molecular weight is 527 g/mol. The molecule has 0 unspecified atom stereocenters. The Hall–Kier alpha value is -2.37. The first kappa shape index (κ1) is 33.7. The van der Waals surface area contributed by atoms with Gasteiger partial charge in [0.25, 0.3) is 5.91 Å². The summed E-state index contributed by atoms with van der Waals surface area (Å²) in [7, 11) is 2.01. The lowest BCUT2D eigenvalue weighted by atomic mass is 9.81. The van der Waals surface area contributed by atoms with Crippen molar-refractivity contribution in [3.8, 4) is 5.75 Å². The van der Waals surface area contributed by atoms with Crippen LogP contribution in [0.1, 0.15) is 106 Å². The minimum atomic E-state index is -0.0331. The third kappa shape index (κ3) is 11.6. The van der Waals surface area contributed by atoms with E-state index in [-0.39, 0.29) is 12.5 Å². The van der Waals surface area contributed by atoms with Gasteiger partial charge in [-0.2, -0.15) is 0 Å². The van der Waals surface area contributed by atoms with Crippen molar-refractivity contribution in [2.24, 2.45) is 5.92 Å². The summed E-state index contributed by atoms with van der Waals surface area (Å²) < 4.78 is 6.12. The van der Waals surface area contributed by atoms with Crippen LogP contribution in [0.3, 0.4) is 0 Å². The lowest BCUT2D eigenvalue weighted by molar-refractivity contribution is 0.0952. The van der Waals surface area contributed by atoms with Crippen molar-refractivity contribution in [1.29, 1.82) is 0 Å². The number of amides is 1. The molecular formula is C33H54N2O3. The Bertz CT molecular complexity index is 900. The van der Waals surface area contributed by atoms with Gasteiger partial charge in [0.1, 0.15) is 5.75 Å². The Labute approximate surface area is 232 Å². The molecule has 3 rings (SSSR count). The van der Waals surface area contributed by atoms with E-state index in [1.54, 1.807) is 0 Å². The highest BCUT2D eigenvalue weighted by Gasteiger charge is 2.21. The molecular weight excluding hydrogens is 472 g/mol. The molecule has 0 saturated heterocycles. The van der Waals surface area contributed by atoms with Crippen LogP contribution in [-0.2, 0) is 12.8 Å². The maximum Gasteiger partial charge on any atom is 0.251 e. The van der Waals surface area contributed by atoms with Crippen LogP contribution in [0.25, 0.3) is 0 Å². The molecule has 0 radical (unpaired) electrons. The van der Waals surface area contributed by atoms with Crippen molar-refractivity contribution in [2.75, 3.05) is 33.4 Å². The molecule has 0 aromatic heterocycles. The summed E-state index contributed by atoms with van der Waals surface area (Å²) in [6.45, 7) is 12.7. The number of aliphatic hydroxyl groups excluding tert-OH is 1. The summed E-state index contributed by atoms with van der Waals surface area (Å²) in [5.41, 5.74) is 4.98. The fraction of sp³-hybridized carbons (Fsp3) is 0.606. The summed E-state index contributed by atoms with van der Waals surface area (Å²) in [5, 5.41) is 15.4. The van der Waals surface area contributed by atoms with Gasteiger partial charge in [0.15, 0.2) is 0 Å². The highest BCUT2D eigenvalue weighted by Crippen LogP contribution is 2.30. The molecule has 2 atom stereocenters. The third-order valence-corrected chi connectivity index (χ3v) is 6.84. The first-order valence-electron chi connectivity index (χ1n) is 15.0. The molecule has 0 saturated carbocycles. The van der Waals surface area contributed by atoms with Crippen LogP contribution >= 0.6 is 0 Å². The zero-order valence-corrected chi connectivity index (χ0v) is 24.9. The van der Waals surface area contributed by atoms with Crippen LogP contribution in [0.15, 0.2) is 42.5 Å². The number of aryl methyl sites for hydroxylation is 1. The summed E-state index contributed by atoms with van der Waals surface area (Å²) in [4.78, 5) is 12.3. The van der Waals surface area contributed by atoms with E-state index in [0.717, 1.165) is 63.7 Å². The fourth-order valence-corrected chi connectivity index (χ4v) is 4.80. The van der Waals surface area contributed by atoms with Crippen molar-refractivity contribution in [2.45, 2.75) is 91.9 Å². The number of unbranched alkanes of at least 4 members (excludes halogenated alkanes) is 2. The van der Waals surface area contributed by atoms with Gasteiger partial charge in [0.05, 0.1) is 6.61 Å². The smallest absolute Gasteiger partial charge is 0.251 e. The standard InChI is InChI=1S/C29H42N2O3.2C2H6/c1-3-4-15-31-29(33)26-9-7-10-28(19-26)34-21-22-11-12-24-18-25(14-13-23(24)17-22)27(20-30-2)8-5-6-16-32;2*1-2/h7,9-10,13-14,18-19,22,27,30,32H,3-6,8,11-12,15-17,20-21H2,1-2H3,(H,31,33);2*1-2H3/t22-,27+;;/m1../s1. The molecule has 0 spiro atoms. The maximum absolute atomic E-state index is 12.3. The zero-order chi connectivity index (χ0) is 28.2. The van der Waals surface area contributed by atoms with E-state index in [9.17, 15) is 4.79 Å². The van der Waals surface area contributed by atoms with E-state index < -0.39 is 0 Å². The van der Waals surface area contributed by atoms with Crippen LogP contribution in [0.4, 0.5) is 0 Å². The topological polar surface area (TPSA) is 70.6 Å². The van der Waals surface area contributed by atoms with E-state index in [0.29, 0.717) is 30.6 Å². The van der Waals surface area contributed by atoms with Gasteiger partial charge in [-0.05, 0) is 92.3 Å². The second kappa shape index (κ2) is 20.6. The number of hydrogen-bond donors (Lipinski definition) is 3. The van der Waals surface area contributed by atoms with Crippen molar-refractivity contribution < 1.29 is 14.6 Å². The number of rotatable bonds is 14. The first-order chi connectivity index (χ1) is 18.6. The van der Waals surface area contributed by atoms with E-state index in [1.807, 2.05) is 59.0 Å². The Morgan fingerprint density at radius 2 is 1.84 bits per heavy atom. The minimum absolute atomic E-state index is 0.0331. The molecule has 2 aromatic rings. The van der Waals surface area contributed by atoms with Gasteiger partial charge in [-0.1, -0.05) is 71.7 Å². The van der Waals surface area contributed by atoms with Gasteiger partial charge >= 0.3 is 0 Å². The highest BCUT2D eigenvalue weighted by molar-refractivity contribution is 5.94. The Kier molecular flexibility index (Phi) is 18.2. The number of ether oxygens (including phenoxy) is 1. The third-order valence-electron chi connectivity index (χ3n) is 6.84. The first-order valence-corrected chi connectivity index (χ1v) is 15.0. The second-order valence-electron chi connectivity index (χ2n) is 9.56. The zero-order valence-electron chi connectivity index (χ0n) is 24.9. The number of benzene rings is 2. The van der Waals surface area contributed by atoms with Crippen LogP contribution in [-0.4, -0.2) is 44.4 Å². The van der Waals surface area contributed by atoms with E-state index in [2.05, 4.69) is 35.8 Å². The highest BCUT2D eigenvalue weighted by atomic mass is 16.5. The van der Waals surface area contributed by atoms with Crippen molar-refractivity contribution in [3.05, 3.63) is 64.7 Å². The van der Waals surface area contributed by atoms with Crippen molar-refractivity contribution in [3.63, 3.8) is 0 Å². The number of carbonyl (C=O) groups is 1. The largest absolute Gasteiger partial charge is 0.493 e. The quantitative estimate of drug-likeness (QED) is 0.234. The van der Waals surface area contributed by atoms with Gasteiger partial charge in [-0.15, -0.1) is 0 Å². The molecule has 38 heavy (non-hydrogen) atoms. The van der Waals surface area contributed by atoms with E-state index in [1.165, 1.54) is 16.7 Å². The molecule has 5 heteroatoms. The predicted octanol–water partition coefficient (Wildman–Crippen LogP) is 6.92. The molecule has 1 aliphatic carbocycles. The monoisotopic (exact) mass is 526 g/mol. The summed E-state index contributed by atoms with van der Waals surface area (Å²) in [5.74, 6) is 1.71. The van der Waals surface area contributed by atoms with Crippen LogP contribution in [0.2, 0.25) is 0 Å². The molecule has 2 aromatic carbocycles. The number of nitrogens with one attached hydrogen (secondary N) is 2. The van der Waals surface area contributed by atoms with Crippen molar-refractivity contribution in [1.82, 2.24) is 10.6 Å². The second-order valence-corrected chi connectivity index (χ2v) is 9.56. The van der Waals surface area contributed by atoms with Gasteiger partial charge < -0.3 is 20.5 Å². The van der Waals surface area contributed by atoms with Crippen molar-refractivity contribution >= 4 is 5.91 Å². The molecule has 0 fully saturated rings. The Morgan fingerprint density at radius 1 is 1.05 bits per heavy atom. The minimum Gasteiger partial charge on any atom is -0.493 e. The number of carbonyl (C=O) groups excluding carboxylic acids is 1. The van der Waals surface area contributed by atoms with Gasteiger partial charge in [-0.25, -0.2) is 0 Å². The number of likely N-dealkylation sites (N-methyl/N-ethyl adjacent to an activating group) is 1. The van der Waals surface area contributed by atoms with Crippen LogP contribution in [0, 0.1) is 5.92 Å². The SMILES string of the molecule is CC.CC.CCCCNC(=O)c1cccc(OC[C@@H]2CCc3cc([C@@H](CCCCO)CNC)ccc3C2)c1. The normalized spacial score (nSPS) is 14.7. The number of aliphatic hydroxyl groups is 1. The average Bonchev–Trinajstić information content (AvgIpc) is 2.97. The van der Waals surface area contributed by atoms with Gasteiger partial charge in [0, 0.05) is 25.3 Å². The molecule has 0 aliphatic heterocycles. The Balaban J connectivity index is 0.00000172. The number of fused-ring (bicyclic) bond motifs is 1. The summed E-state index contributed by atoms with van der Waals surface area (Å²) in [6, 6.07) is 14.5. The molecule has 5 nitrogen and oxygen atoms in total. The lowest BCUT2D eigenvalue weighted by Gasteiger charge is -2.26. The summed E-state index contributed by atoms with van der Waals surface area (Å²) >= 11 is 0. The summed E-state index contributed by atoms with van der Waals surface area (Å²) in [6.07, 6.45) is 8.33. The van der Waals surface area contributed by atoms with Crippen LogP contribution < -0.4 is 15.4 Å². The molecule has 3 N–H and O–H groups in total. The molecule has 0 heterocycles. The molecule has 214 valence electrons. The van der Waals surface area contributed by atoms with E-state index >= 15 is 0 Å². The predicted molar refractivity (Wildman–Crippen MR) is 161 cm³/mol. The Morgan fingerprint density at radius 3 is 2.55 bits per heavy atom. The van der Waals surface area contributed by atoms with Crippen LogP contribution in [0.5, 0.6) is 5.75 Å². The maximum atomic E-state index is 12.3. The lowest BCUT2D eigenvalue weighted by Crippen LogP contribution is -2.24. The number of hydrogen-bond acceptors (Lipinski definition) is 4. The molecule has 1 aliphatic rings. The van der Waals surface area contributed by atoms with Gasteiger partial charge in [0.2, 0.25) is 0 Å². The molecule has 0 bridgehead atoms. The fourth-order valence-electron chi connectivity index (χ4n) is 4.80. The molecule has 1 amide bonds. The van der Waals surface area contributed by atoms with E-state index in [4.69, 9.17) is 9.84 Å². The van der Waals surface area contributed by atoms with Gasteiger partial charge in [-0.3, -0.25) is 4.79 Å².